The Hall–Kier alpha value is -3.10. The fourth-order valence-corrected chi connectivity index (χ4v) is 1.97. The smallest absolute Gasteiger partial charge is 0.337 e. The monoisotopic (exact) mass is 326 g/mol. The van der Waals surface area contributed by atoms with Gasteiger partial charge in [-0.15, -0.1) is 0 Å². The molecule has 0 heterocycles. The Morgan fingerprint density at radius 1 is 1.13 bits per heavy atom. The standard InChI is InChI=1S/C17H11ClN2O3/c18-13-7-5-11(6-8-13)9-12(10-19)16(21)20-15-4-2-1-3-14(15)17(22)23/h1-9H,(H,20,21)(H,22,23). The van der Waals surface area contributed by atoms with E-state index in [4.69, 9.17) is 22.0 Å². The van der Waals surface area contributed by atoms with Gasteiger partial charge >= 0.3 is 5.97 Å². The van der Waals surface area contributed by atoms with E-state index >= 15 is 0 Å². The maximum atomic E-state index is 12.2. The molecule has 2 N–H and O–H groups in total. The molecule has 1 amide bonds. The van der Waals surface area contributed by atoms with Crippen LogP contribution in [0, 0.1) is 11.3 Å². The van der Waals surface area contributed by atoms with E-state index in [0.717, 1.165) is 0 Å². The van der Waals surface area contributed by atoms with Crippen molar-refractivity contribution >= 4 is 35.2 Å². The number of para-hydroxylation sites is 1. The first-order valence-corrected chi connectivity index (χ1v) is 6.90. The van der Waals surface area contributed by atoms with Crippen molar-refractivity contribution in [3.05, 3.63) is 70.3 Å². The summed E-state index contributed by atoms with van der Waals surface area (Å²) in [7, 11) is 0. The van der Waals surface area contributed by atoms with Crippen LogP contribution in [-0.4, -0.2) is 17.0 Å². The van der Waals surface area contributed by atoms with Crippen LogP contribution >= 0.6 is 11.6 Å². The molecule has 0 atom stereocenters. The van der Waals surface area contributed by atoms with Crippen LogP contribution in [0.2, 0.25) is 5.02 Å². The number of nitrogens with one attached hydrogen (secondary N) is 1. The average Bonchev–Trinajstić information content (AvgIpc) is 2.54. The Balaban J connectivity index is 2.27. The number of anilines is 1. The number of amides is 1. The van der Waals surface area contributed by atoms with E-state index in [1.807, 2.05) is 0 Å². The van der Waals surface area contributed by atoms with Crippen molar-refractivity contribution in [1.82, 2.24) is 0 Å². The van der Waals surface area contributed by atoms with Crippen LogP contribution in [0.3, 0.4) is 0 Å². The predicted molar refractivity (Wildman–Crippen MR) is 87.1 cm³/mol. The van der Waals surface area contributed by atoms with Crippen molar-refractivity contribution in [2.75, 3.05) is 5.32 Å². The predicted octanol–water partition coefficient (Wildman–Crippen LogP) is 3.58. The van der Waals surface area contributed by atoms with E-state index in [-0.39, 0.29) is 16.8 Å². The Morgan fingerprint density at radius 3 is 2.39 bits per heavy atom. The fourth-order valence-electron chi connectivity index (χ4n) is 1.84. The Morgan fingerprint density at radius 2 is 1.78 bits per heavy atom. The van der Waals surface area contributed by atoms with Crippen molar-refractivity contribution in [3.63, 3.8) is 0 Å². The number of carboxylic acid groups (broad SMARTS) is 1. The van der Waals surface area contributed by atoms with Gasteiger partial charge in [-0.25, -0.2) is 4.79 Å². The number of nitrogens with zero attached hydrogens (tertiary/aromatic N) is 1. The van der Waals surface area contributed by atoms with Crippen LogP contribution < -0.4 is 5.32 Å². The van der Waals surface area contributed by atoms with Crippen molar-refractivity contribution < 1.29 is 14.7 Å². The molecule has 0 spiro atoms. The van der Waals surface area contributed by atoms with E-state index in [0.29, 0.717) is 10.6 Å². The van der Waals surface area contributed by atoms with Crippen LogP contribution in [0.1, 0.15) is 15.9 Å². The zero-order valence-corrected chi connectivity index (χ0v) is 12.5. The Kier molecular flexibility index (Phi) is 5.13. The molecule has 0 radical (unpaired) electrons. The van der Waals surface area contributed by atoms with Crippen LogP contribution in [0.15, 0.2) is 54.1 Å². The molecule has 114 valence electrons. The second kappa shape index (κ2) is 7.25. The molecule has 0 fully saturated rings. The fraction of sp³-hybridized carbons (Fsp3) is 0. The molecule has 0 unspecified atom stereocenters. The first kappa shape index (κ1) is 16.3. The minimum absolute atomic E-state index is 0.0513. The van der Waals surface area contributed by atoms with Gasteiger partial charge in [0, 0.05) is 5.02 Å². The van der Waals surface area contributed by atoms with Crippen LogP contribution in [0.25, 0.3) is 6.08 Å². The number of hydrogen-bond donors (Lipinski definition) is 2. The van der Waals surface area contributed by atoms with Crippen LogP contribution in [0.5, 0.6) is 0 Å². The highest BCUT2D eigenvalue weighted by molar-refractivity contribution is 6.30. The molecule has 23 heavy (non-hydrogen) atoms. The molecular weight excluding hydrogens is 316 g/mol. The molecule has 0 aliphatic carbocycles. The van der Waals surface area contributed by atoms with Crippen molar-refractivity contribution in [3.8, 4) is 6.07 Å². The zero-order valence-electron chi connectivity index (χ0n) is 11.8. The van der Waals surface area contributed by atoms with E-state index in [1.165, 1.54) is 18.2 Å². The number of benzene rings is 2. The molecule has 6 heteroatoms. The van der Waals surface area contributed by atoms with Gasteiger partial charge in [0.15, 0.2) is 0 Å². The molecule has 0 aliphatic rings. The number of rotatable bonds is 4. The summed E-state index contributed by atoms with van der Waals surface area (Å²) in [5.74, 6) is -1.85. The Labute approximate surface area is 137 Å². The van der Waals surface area contributed by atoms with Gasteiger partial charge in [0.1, 0.15) is 11.6 Å². The maximum Gasteiger partial charge on any atom is 0.337 e. The largest absolute Gasteiger partial charge is 0.478 e. The van der Waals surface area contributed by atoms with Gasteiger partial charge in [-0.05, 0) is 35.9 Å². The second-order valence-electron chi connectivity index (χ2n) is 4.53. The third kappa shape index (κ3) is 4.19. The molecule has 0 bridgehead atoms. The Bertz CT molecular complexity index is 820. The van der Waals surface area contributed by atoms with Gasteiger partial charge in [-0.1, -0.05) is 35.9 Å². The zero-order chi connectivity index (χ0) is 16.8. The van der Waals surface area contributed by atoms with Gasteiger partial charge in [-0.3, -0.25) is 4.79 Å². The second-order valence-corrected chi connectivity index (χ2v) is 4.96. The highest BCUT2D eigenvalue weighted by Gasteiger charge is 2.14. The number of nitriles is 1. The summed E-state index contributed by atoms with van der Waals surface area (Å²) in [6.45, 7) is 0. The number of halogens is 1. The van der Waals surface area contributed by atoms with E-state index in [9.17, 15) is 9.59 Å². The number of carbonyl (C=O) groups is 2. The third-order valence-electron chi connectivity index (χ3n) is 2.95. The number of carboxylic acids is 1. The highest BCUT2D eigenvalue weighted by atomic mass is 35.5. The van der Waals surface area contributed by atoms with Gasteiger partial charge < -0.3 is 10.4 Å². The summed E-state index contributed by atoms with van der Waals surface area (Å²) >= 11 is 5.78. The normalized spacial score (nSPS) is 10.7. The molecule has 0 aromatic heterocycles. The molecule has 0 aliphatic heterocycles. The number of hydrogen-bond acceptors (Lipinski definition) is 3. The van der Waals surface area contributed by atoms with Crippen molar-refractivity contribution in [2.45, 2.75) is 0 Å². The maximum absolute atomic E-state index is 12.2. The number of aromatic carboxylic acids is 1. The number of carbonyl (C=O) groups excluding carboxylic acids is 1. The summed E-state index contributed by atoms with van der Waals surface area (Å²) in [5, 5.41) is 21.2. The lowest BCUT2D eigenvalue weighted by molar-refractivity contribution is -0.112. The first-order valence-electron chi connectivity index (χ1n) is 6.52. The minimum atomic E-state index is -1.17. The molecule has 0 saturated carbocycles. The van der Waals surface area contributed by atoms with E-state index < -0.39 is 11.9 Å². The third-order valence-corrected chi connectivity index (χ3v) is 3.20. The summed E-state index contributed by atoms with van der Waals surface area (Å²) in [4.78, 5) is 23.3. The molecule has 0 saturated heterocycles. The minimum Gasteiger partial charge on any atom is -0.478 e. The summed E-state index contributed by atoms with van der Waals surface area (Å²) < 4.78 is 0. The lowest BCUT2D eigenvalue weighted by atomic mass is 10.1. The highest BCUT2D eigenvalue weighted by Crippen LogP contribution is 2.17. The van der Waals surface area contributed by atoms with Crippen molar-refractivity contribution in [1.29, 1.82) is 5.26 Å². The molecule has 2 rings (SSSR count). The summed E-state index contributed by atoms with van der Waals surface area (Å²) in [6.07, 6.45) is 1.40. The SMILES string of the molecule is N#CC(=Cc1ccc(Cl)cc1)C(=O)Nc1ccccc1C(=O)O. The van der Waals surface area contributed by atoms with E-state index in [1.54, 1.807) is 42.5 Å². The topological polar surface area (TPSA) is 90.2 Å². The van der Waals surface area contributed by atoms with E-state index in [2.05, 4.69) is 5.32 Å². The van der Waals surface area contributed by atoms with Crippen LogP contribution in [-0.2, 0) is 4.79 Å². The van der Waals surface area contributed by atoms with Gasteiger partial charge in [0.25, 0.3) is 5.91 Å². The van der Waals surface area contributed by atoms with Gasteiger partial charge in [-0.2, -0.15) is 5.26 Å². The van der Waals surface area contributed by atoms with Crippen LogP contribution in [0.4, 0.5) is 5.69 Å². The first-order chi connectivity index (χ1) is 11.0. The molecule has 5 nitrogen and oxygen atoms in total. The quantitative estimate of drug-likeness (QED) is 0.663. The van der Waals surface area contributed by atoms with Gasteiger partial charge in [0.05, 0.1) is 11.3 Å². The average molecular weight is 327 g/mol. The lowest BCUT2D eigenvalue weighted by Crippen LogP contribution is -2.16. The molecule has 2 aromatic rings. The molecule has 2 aromatic carbocycles. The lowest BCUT2D eigenvalue weighted by Gasteiger charge is -2.07. The van der Waals surface area contributed by atoms with Crippen molar-refractivity contribution in [2.24, 2.45) is 0 Å². The molecular formula is C17H11ClN2O3. The summed E-state index contributed by atoms with van der Waals surface area (Å²) in [6, 6.07) is 14.4. The van der Waals surface area contributed by atoms with Gasteiger partial charge in [0.2, 0.25) is 0 Å². The summed E-state index contributed by atoms with van der Waals surface area (Å²) in [5.41, 5.74) is 0.562.